The first-order chi connectivity index (χ1) is 6.33. The molecule has 4 heteroatoms. The van der Waals surface area contributed by atoms with Crippen molar-refractivity contribution in [2.75, 3.05) is 7.05 Å². The van der Waals surface area contributed by atoms with Crippen molar-refractivity contribution >= 4 is 10.9 Å². The van der Waals surface area contributed by atoms with Gasteiger partial charge in [0, 0.05) is 11.9 Å². The fourth-order valence-electron chi connectivity index (χ4n) is 1.37. The summed E-state index contributed by atoms with van der Waals surface area (Å²) in [5.74, 6) is -0.281. The fraction of sp³-hybridized carbons (Fsp3) is 0.222. The van der Waals surface area contributed by atoms with Crippen molar-refractivity contribution in [2.24, 2.45) is 0 Å². The molecule has 0 spiro atoms. The van der Waals surface area contributed by atoms with Crippen LogP contribution in [0.1, 0.15) is 5.69 Å². The predicted molar refractivity (Wildman–Crippen MR) is 48.8 cm³/mol. The zero-order valence-electron chi connectivity index (χ0n) is 7.26. The molecule has 0 aliphatic rings. The van der Waals surface area contributed by atoms with Gasteiger partial charge in [0.25, 0.3) is 0 Å². The van der Waals surface area contributed by atoms with E-state index in [0.717, 1.165) is 11.1 Å². The van der Waals surface area contributed by atoms with Crippen LogP contribution < -0.4 is 5.32 Å². The molecule has 2 N–H and O–H groups in total. The zero-order chi connectivity index (χ0) is 9.26. The molecule has 0 atom stereocenters. The van der Waals surface area contributed by atoms with Crippen molar-refractivity contribution in [3.05, 3.63) is 29.7 Å². The number of nitrogens with one attached hydrogen (secondary N) is 2. The summed E-state index contributed by atoms with van der Waals surface area (Å²) in [5.41, 5.74) is 1.32. The summed E-state index contributed by atoms with van der Waals surface area (Å²) >= 11 is 0. The highest BCUT2D eigenvalue weighted by Crippen LogP contribution is 2.17. The van der Waals surface area contributed by atoms with Crippen LogP contribution in [0.3, 0.4) is 0 Å². The van der Waals surface area contributed by atoms with Gasteiger partial charge in [-0.1, -0.05) is 12.1 Å². The van der Waals surface area contributed by atoms with E-state index in [1.807, 2.05) is 13.1 Å². The van der Waals surface area contributed by atoms with Gasteiger partial charge in [-0.2, -0.15) is 5.10 Å². The molecule has 0 unspecified atom stereocenters. The minimum absolute atomic E-state index is 0.281. The molecule has 0 aliphatic carbocycles. The maximum atomic E-state index is 13.1. The second-order valence-electron chi connectivity index (χ2n) is 2.87. The van der Waals surface area contributed by atoms with Gasteiger partial charge in [0.1, 0.15) is 5.52 Å². The highest BCUT2D eigenvalue weighted by molar-refractivity contribution is 5.81. The Kier molecular flexibility index (Phi) is 1.98. The van der Waals surface area contributed by atoms with Crippen LogP contribution in [0.4, 0.5) is 4.39 Å². The van der Waals surface area contributed by atoms with Gasteiger partial charge in [0.05, 0.1) is 5.69 Å². The Morgan fingerprint density at radius 3 is 3.15 bits per heavy atom. The molecule has 3 nitrogen and oxygen atoms in total. The average molecular weight is 179 g/mol. The van der Waals surface area contributed by atoms with Gasteiger partial charge in [0.15, 0.2) is 5.82 Å². The first-order valence-corrected chi connectivity index (χ1v) is 4.09. The number of hydrogen-bond donors (Lipinski definition) is 2. The Morgan fingerprint density at radius 2 is 2.38 bits per heavy atom. The minimum atomic E-state index is -0.281. The Bertz CT molecular complexity index is 422. The molecule has 13 heavy (non-hydrogen) atoms. The van der Waals surface area contributed by atoms with Gasteiger partial charge in [0.2, 0.25) is 0 Å². The lowest BCUT2D eigenvalue weighted by Crippen LogP contribution is -2.05. The van der Waals surface area contributed by atoms with Crippen molar-refractivity contribution < 1.29 is 4.39 Å². The smallest absolute Gasteiger partial charge is 0.151 e. The zero-order valence-corrected chi connectivity index (χ0v) is 7.26. The van der Waals surface area contributed by atoms with E-state index in [-0.39, 0.29) is 5.82 Å². The number of H-pyrrole nitrogens is 1. The SMILES string of the molecule is CNCc1[nH]nc2c(F)cccc12. The summed E-state index contributed by atoms with van der Waals surface area (Å²) < 4.78 is 13.1. The van der Waals surface area contributed by atoms with Crippen molar-refractivity contribution in [1.82, 2.24) is 15.5 Å². The molecule has 0 bridgehead atoms. The van der Waals surface area contributed by atoms with E-state index in [4.69, 9.17) is 0 Å². The van der Waals surface area contributed by atoms with Gasteiger partial charge in [-0.15, -0.1) is 0 Å². The Labute approximate surface area is 75.0 Å². The minimum Gasteiger partial charge on any atom is -0.314 e. The molecule has 1 aromatic heterocycles. The van der Waals surface area contributed by atoms with Crippen molar-refractivity contribution in [1.29, 1.82) is 0 Å². The summed E-state index contributed by atoms with van der Waals surface area (Å²) in [7, 11) is 1.84. The molecule has 1 aromatic carbocycles. The number of aromatic nitrogens is 2. The number of para-hydroxylation sites is 1. The van der Waals surface area contributed by atoms with E-state index in [9.17, 15) is 4.39 Å². The average Bonchev–Trinajstić information content (AvgIpc) is 2.51. The van der Waals surface area contributed by atoms with E-state index in [1.54, 1.807) is 6.07 Å². The van der Waals surface area contributed by atoms with Crippen LogP contribution in [0.15, 0.2) is 18.2 Å². The molecule has 68 valence electrons. The molecule has 0 radical (unpaired) electrons. The maximum absolute atomic E-state index is 13.1. The van der Waals surface area contributed by atoms with E-state index >= 15 is 0 Å². The maximum Gasteiger partial charge on any atom is 0.151 e. The van der Waals surface area contributed by atoms with Crippen LogP contribution in [0.5, 0.6) is 0 Å². The second kappa shape index (κ2) is 3.14. The van der Waals surface area contributed by atoms with Gasteiger partial charge in [-0.3, -0.25) is 5.10 Å². The van der Waals surface area contributed by atoms with Crippen LogP contribution in [0.25, 0.3) is 10.9 Å². The molecule has 0 saturated heterocycles. The molecule has 2 rings (SSSR count). The molecule has 0 saturated carbocycles. The highest BCUT2D eigenvalue weighted by Gasteiger charge is 2.07. The Balaban J connectivity index is 2.61. The monoisotopic (exact) mass is 179 g/mol. The number of nitrogens with zero attached hydrogens (tertiary/aromatic N) is 1. The number of aromatic amines is 1. The van der Waals surface area contributed by atoms with E-state index in [2.05, 4.69) is 15.5 Å². The summed E-state index contributed by atoms with van der Waals surface area (Å²) in [6.07, 6.45) is 0. The largest absolute Gasteiger partial charge is 0.314 e. The molecule has 0 aliphatic heterocycles. The first-order valence-electron chi connectivity index (χ1n) is 4.09. The van der Waals surface area contributed by atoms with Crippen LogP contribution >= 0.6 is 0 Å². The lowest BCUT2D eigenvalue weighted by molar-refractivity contribution is 0.636. The predicted octanol–water partition coefficient (Wildman–Crippen LogP) is 1.42. The first kappa shape index (κ1) is 8.19. The van der Waals surface area contributed by atoms with Gasteiger partial charge in [-0.25, -0.2) is 4.39 Å². The molecule has 0 fully saturated rings. The number of halogens is 1. The number of benzene rings is 1. The van der Waals surface area contributed by atoms with Crippen LogP contribution in [-0.4, -0.2) is 17.2 Å². The molecule has 0 amide bonds. The van der Waals surface area contributed by atoms with Crippen molar-refractivity contribution in [3.63, 3.8) is 0 Å². The summed E-state index contributed by atoms with van der Waals surface area (Å²) in [6, 6.07) is 4.95. The molecular weight excluding hydrogens is 169 g/mol. The normalized spacial score (nSPS) is 10.9. The van der Waals surface area contributed by atoms with Gasteiger partial charge < -0.3 is 5.32 Å². The van der Waals surface area contributed by atoms with Crippen molar-refractivity contribution in [3.8, 4) is 0 Å². The van der Waals surface area contributed by atoms with E-state index < -0.39 is 0 Å². The van der Waals surface area contributed by atoms with E-state index in [1.165, 1.54) is 6.07 Å². The Morgan fingerprint density at radius 1 is 1.54 bits per heavy atom. The number of fused-ring (bicyclic) bond motifs is 1. The number of rotatable bonds is 2. The summed E-state index contributed by atoms with van der Waals surface area (Å²) in [5, 5.41) is 10.5. The van der Waals surface area contributed by atoms with E-state index in [0.29, 0.717) is 12.1 Å². The molecular formula is C9H10FN3. The van der Waals surface area contributed by atoms with Gasteiger partial charge >= 0.3 is 0 Å². The third-order valence-electron chi connectivity index (χ3n) is 1.97. The lowest BCUT2D eigenvalue weighted by Gasteiger charge is -1.95. The van der Waals surface area contributed by atoms with Crippen LogP contribution in [0, 0.1) is 5.82 Å². The second-order valence-corrected chi connectivity index (χ2v) is 2.87. The third-order valence-corrected chi connectivity index (χ3v) is 1.97. The van der Waals surface area contributed by atoms with Gasteiger partial charge in [-0.05, 0) is 13.1 Å². The lowest BCUT2D eigenvalue weighted by atomic mass is 10.2. The molecule has 2 aromatic rings. The summed E-state index contributed by atoms with van der Waals surface area (Å²) in [4.78, 5) is 0. The number of hydrogen-bond acceptors (Lipinski definition) is 2. The van der Waals surface area contributed by atoms with Crippen molar-refractivity contribution in [2.45, 2.75) is 6.54 Å². The fourth-order valence-corrected chi connectivity index (χ4v) is 1.37. The highest BCUT2D eigenvalue weighted by atomic mass is 19.1. The quantitative estimate of drug-likeness (QED) is 0.732. The topological polar surface area (TPSA) is 40.7 Å². The van der Waals surface area contributed by atoms with Crippen LogP contribution in [-0.2, 0) is 6.54 Å². The molecule has 1 heterocycles. The summed E-state index contributed by atoms with van der Waals surface area (Å²) in [6.45, 7) is 0.667. The van der Waals surface area contributed by atoms with Crippen LogP contribution in [0.2, 0.25) is 0 Å². The Hall–Kier alpha value is -1.42. The third kappa shape index (κ3) is 1.29. The standard InChI is InChI=1S/C9H10FN3/c1-11-5-8-6-3-2-4-7(10)9(6)13-12-8/h2-4,11H,5H2,1H3,(H,12,13).